The summed E-state index contributed by atoms with van der Waals surface area (Å²) in [4.78, 5) is 10.8. The molecule has 0 aliphatic heterocycles. The lowest BCUT2D eigenvalue weighted by atomic mass is 10.2. The fourth-order valence-electron chi connectivity index (χ4n) is 2.52. The van der Waals surface area contributed by atoms with Gasteiger partial charge in [0.15, 0.2) is 0 Å². The molecule has 0 atom stereocenters. The van der Waals surface area contributed by atoms with Crippen molar-refractivity contribution in [2.75, 3.05) is 0 Å². The maximum Gasteiger partial charge on any atom is 0.335 e. The maximum absolute atomic E-state index is 15.3. The Balaban J connectivity index is 3.06. The zero-order valence-corrected chi connectivity index (χ0v) is 13.1. The van der Waals surface area contributed by atoms with Gasteiger partial charge in [-0.1, -0.05) is 39.8 Å². The van der Waals surface area contributed by atoms with Crippen LogP contribution < -0.4 is 5.19 Å². The molecule has 4 heteroatoms. The van der Waals surface area contributed by atoms with E-state index in [1.807, 2.05) is 27.7 Å². The predicted octanol–water partition coefficient (Wildman–Crippen LogP) is 3.82. The van der Waals surface area contributed by atoms with Crippen molar-refractivity contribution in [1.82, 2.24) is 0 Å². The van der Waals surface area contributed by atoms with E-state index in [9.17, 15) is 4.79 Å². The highest BCUT2D eigenvalue weighted by Crippen LogP contribution is 2.26. The van der Waals surface area contributed by atoms with Crippen molar-refractivity contribution in [3.63, 3.8) is 0 Å². The van der Waals surface area contributed by atoms with Gasteiger partial charge in [-0.25, -0.2) is 4.79 Å². The normalized spacial score (nSPS) is 12.2. The standard InChI is InChI=1S/C15H23FO2Si/c1-11(2)9-19(16,10-12(3)4)14-7-5-13(6-8-14)15(17)18/h5-8,11-12H,9-10H2,1-4H3,(H,17,18). The molecule has 106 valence electrons. The summed E-state index contributed by atoms with van der Waals surface area (Å²) in [6.07, 6.45) is 0. The molecule has 1 aromatic rings. The van der Waals surface area contributed by atoms with Gasteiger partial charge >= 0.3 is 5.97 Å². The van der Waals surface area contributed by atoms with Gasteiger partial charge in [0.25, 0.3) is 8.41 Å². The number of halogens is 1. The van der Waals surface area contributed by atoms with E-state index >= 15 is 4.11 Å². The van der Waals surface area contributed by atoms with E-state index in [4.69, 9.17) is 5.11 Å². The molecule has 2 nitrogen and oxygen atoms in total. The molecule has 0 heterocycles. The zero-order valence-electron chi connectivity index (χ0n) is 12.1. The minimum atomic E-state index is -3.00. The molecule has 19 heavy (non-hydrogen) atoms. The third kappa shape index (κ3) is 4.46. The Bertz CT molecular complexity index is 416. The van der Waals surface area contributed by atoms with Gasteiger partial charge < -0.3 is 9.21 Å². The molecule has 0 bridgehead atoms. The van der Waals surface area contributed by atoms with Crippen LogP contribution in [0.25, 0.3) is 0 Å². The minimum Gasteiger partial charge on any atom is -0.478 e. The number of carboxylic acids is 1. The second-order valence-corrected chi connectivity index (χ2v) is 9.37. The van der Waals surface area contributed by atoms with Gasteiger partial charge in [0.05, 0.1) is 5.56 Å². The second-order valence-electron chi connectivity index (χ2n) is 6.04. The molecule has 0 spiro atoms. The van der Waals surface area contributed by atoms with Gasteiger partial charge in [-0.3, -0.25) is 0 Å². The number of carboxylic acid groups (broad SMARTS) is 1. The van der Waals surface area contributed by atoms with Crippen LogP contribution in [-0.2, 0) is 0 Å². The first-order valence-electron chi connectivity index (χ1n) is 6.77. The first kappa shape index (κ1) is 15.9. The van der Waals surface area contributed by atoms with Crippen LogP contribution in [0, 0.1) is 11.8 Å². The summed E-state index contributed by atoms with van der Waals surface area (Å²) in [6, 6.07) is 7.55. The Morgan fingerprint density at radius 1 is 1.11 bits per heavy atom. The second kappa shape index (κ2) is 6.33. The first-order chi connectivity index (χ1) is 8.74. The monoisotopic (exact) mass is 282 g/mol. The molecule has 0 radical (unpaired) electrons. The average molecular weight is 282 g/mol. The first-order valence-corrected chi connectivity index (χ1v) is 9.06. The van der Waals surface area contributed by atoms with E-state index < -0.39 is 14.4 Å². The van der Waals surface area contributed by atoms with Crippen LogP contribution in [0.5, 0.6) is 0 Å². The largest absolute Gasteiger partial charge is 0.478 e. The van der Waals surface area contributed by atoms with Crippen molar-refractivity contribution < 1.29 is 14.0 Å². The van der Waals surface area contributed by atoms with Crippen molar-refractivity contribution in [3.8, 4) is 0 Å². The van der Waals surface area contributed by atoms with Crippen LogP contribution in [-0.4, -0.2) is 19.5 Å². The Morgan fingerprint density at radius 2 is 1.53 bits per heavy atom. The molecular formula is C15H23FO2Si. The van der Waals surface area contributed by atoms with Crippen molar-refractivity contribution in [2.24, 2.45) is 11.8 Å². The maximum atomic E-state index is 15.3. The quantitative estimate of drug-likeness (QED) is 0.636. The lowest BCUT2D eigenvalue weighted by Gasteiger charge is -2.26. The molecule has 0 aromatic heterocycles. The van der Waals surface area contributed by atoms with Crippen LogP contribution in [0.3, 0.4) is 0 Å². The summed E-state index contributed by atoms with van der Waals surface area (Å²) in [6.45, 7) is 8.14. The van der Waals surface area contributed by atoms with E-state index in [0.717, 1.165) is 5.19 Å². The van der Waals surface area contributed by atoms with Gasteiger partial charge in [-0.2, -0.15) is 0 Å². The Kier molecular flexibility index (Phi) is 5.29. The minimum absolute atomic E-state index is 0.217. The van der Waals surface area contributed by atoms with Gasteiger partial charge in [-0.15, -0.1) is 0 Å². The summed E-state index contributed by atoms with van der Waals surface area (Å²) in [5.41, 5.74) is 0.217. The molecule has 0 aliphatic rings. The topological polar surface area (TPSA) is 37.3 Å². The highest BCUT2D eigenvalue weighted by Gasteiger charge is 2.37. The summed E-state index contributed by atoms with van der Waals surface area (Å²) >= 11 is 0. The van der Waals surface area contributed by atoms with Crippen LogP contribution in [0.1, 0.15) is 38.1 Å². The zero-order chi connectivity index (χ0) is 14.6. The van der Waals surface area contributed by atoms with Crippen LogP contribution in [0.15, 0.2) is 24.3 Å². The third-order valence-electron chi connectivity index (χ3n) is 3.11. The lowest BCUT2D eigenvalue weighted by Crippen LogP contribution is -2.45. The Labute approximate surface area is 115 Å². The number of hydrogen-bond acceptors (Lipinski definition) is 1. The number of rotatable bonds is 6. The molecule has 0 fully saturated rings. The number of benzene rings is 1. The summed E-state index contributed by atoms with van der Waals surface area (Å²) in [7, 11) is -3.00. The Hall–Kier alpha value is -1.16. The van der Waals surface area contributed by atoms with Crippen LogP contribution in [0.2, 0.25) is 12.1 Å². The van der Waals surface area contributed by atoms with E-state index in [0.29, 0.717) is 23.9 Å². The molecule has 0 saturated heterocycles. The van der Waals surface area contributed by atoms with Crippen LogP contribution >= 0.6 is 0 Å². The molecule has 0 unspecified atom stereocenters. The van der Waals surface area contributed by atoms with Crippen LogP contribution in [0.4, 0.5) is 4.11 Å². The highest BCUT2D eigenvalue weighted by molar-refractivity contribution is 6.86. The van der Waals surface area contributed by atoms with Crippen molar-refractivity contribution in [3.05, 3.63) is 29.8 Å². The number of aromatic carboxylic acids is 1. The average Bonchev–Trinajstić information content (AvgIpc) is 2.26. The van der Waals surface area contributed by atoms with Gasteiger partial charge in [0.2, 0.25) is 0 Å². The number of carbonyl (C=O) groups is 1. The van der Waals surface area contributed by atoms with Crippen molar-refractivity contribution in [2.45, 2.75) is 39.8 Å². The van der Waals surface area contributed by atoms with Gasteiger partial charge in [0.1, 0.15) is 0 Å². The molecule has 1 aromatic carbocycles. The molecule has 1 rings (SSSR count). The van der Waals surface area contributed by atoms with E-state index in [1.165, 1.54) is 12.1 Å². The summed E-state index contributed by atoms with van der Waals surface area (Å²) < 4.78 is 15.3. The molecule has 0 aliphatic carbocycles. The SMILES string of the molecule is CC(C)C[Si](F)(CC(C)C)c1ccc(C(=O)O)cc1. The van der Waals surface area contributed by atoms with E-state index in [1.54, 1.807) is 12.1 Å². The summed E-state index contributed by atoms with van der Waals surface area (Å²) in [5.74, 6) is -0.338. The highest BCUT2D eigenvalue weighted by atomic mass is 28.4. The summed E-state index contributed by atoms with van der Waals surface area (Å²) in [5, 5.41) is 9.61. The molecule has 0 amide bonds. The third-order valence-corrected chi connectivity index (χ3v) is 7.41. The predicted molar refractivity (Wildman–Crippen MR) is 79.2 cm³/mol. The lowest BCUT2D eigenvalue weighted by molar-refractivity contribution is 0.0697. The number of hydrogen-bond donors (Lipinski definition) is 1. The molecule has 0 saturated carbocycles. The fraction of sp³-hybridized carbons (Fsp3) is 0.533. The van der Waals surface area contributed by atoms with E-state index in [2.05, 4.69) is 0 Å². The fourth-order valence-corrected chi connectivity index (χ4v) is 6.52. The van der Waals surface area contributed by atoms with Gasteiger partial charge in [0, 0.05) is 0 Å². The smallest absolute Gasteiger partial charge is 0.335 e. The Morgan fingerprint density at radius 3 is 1.84 bits per heavy atom. The van der Waals surface area contributed by atoms with Crippen molar-refractivity contribution in [1.29, 1.82) is 0 Å². The van der Waals surface area contributed by atoms with Crippen molar-refractivity contribution >= 4 is 19.6 Å². The molecular weight excluding hydrogens is 259 g/mol. The molecule has 1 N–H and O–H groups in total. The van der Waals surface area contributed by atoms with Gasteiger partial charge in [-0.05, 0) is 41.2 Å². The van der Waals surface area contributed by atoms with E-state index in [-0.39, 0.29) is 5.56 Å².